The Hall–Kier alpha value is -2.33. The Kier molecular flexibility index (Phi) is 5.11. The fourth-order valence-corrected chi connectivity index (χ4v) is 1.60. The highest BCUT2D eigenvalue weighted by atomic mass is 19.4. The van der Waals surface area contributed by atoms with E-state index in [0.717, 1.165) is 0 Å². The molecule has 1 atom stereocenters. The minimum Gasteiger partial charge on any atom is -0.480 e. The first-order valence-corrected chi connectivity index (χ1v) is 5.78. The number of rotatable bonds is 5. The summed E-state index contributed by atoms with van der Waals surface area (Å²) in [4.78, 5) is 22.5. The summed E-state index contributed by atoms with van der Waals surface area (Å²) in [7, 11) is 1.60. The van der Waals surface area contributed by atoms with Crippen LogP contribution in [0.1, 0.15) is 18.8 Å². The molecule has 0 aromatic carbocycles. The summed E-state index contributed by atoms with van der Waals surface area (Å²) < 4.78 is 38.5. The van der Waals surface area contributed by atoms with Gasteiger partial charge in [0.25, 0.3) is 0 Å². The Labute approximate surface area is 117 Å². The first-order chi connectivity index (χ1) is 9.60. The van der Waals surface area contributed by atoms with Crippen molar-refractivity contribution in [3.05, 3.63) is 12.2 Å². The molecule has 1 unspecified atom stereocenters. The summed E-state index contributed by atoms with van der Waals surface area (Å²) in [5, 5.41) is 18.1. The third-order valence-corrected chi connectivity index (χ3v) is 2.46. The van der Waals surface area contributed by atoms with Crippen LogP contribution >= 0.6 is 0 Å². The van der Waals surface area contributed by atoms with E-state index in [-0.39, 0.29) is 4.90 Å². The largest absolute Gasteiger partial charge is 0.480 e. The highest BCUT2D eigenvalue weighted by molar-refractivity contribution is 5.80. The number of halogens is 3. The number of carboxylic acids is 1. The van der Waals surface area contributed by atoms with Crippen molar-refractivity contribution in [3.63, 3.8) is 0 Å². The van der Waals surface area contributed by atoms with Crippen LogP contribution in [0.3, 0.4) is 0 Å². The lowest BCUT2D eigenvalue weighted by atomic mass is 10.3. The molecule has 0 radical (unpaired) electrons. The zero-order valence-corrected chi connectivity index (χ0v) is 11.3. The maximum Gasteiger partial charge on any atom is 0.406 e. The molecule has 11 heteroatoms. The monoisotopic (exact) mass is 309 g/mol. The fourth-order valence-electron chi connectivity index (χ4n) is 1.60. The number of aryl methyl sites for hydroxylation is 1. The van der Waals surface area contributed by atoms with E-state index < -0.39 is 37.3 Å². The lowest BCUT2D eigenvalue weighted by Gasteiger charge is -2.24. The van der Waals surface area contributed by atoms with E-state index in [4.69, 9.17) is 5.11 Å². The fraction of sp³-hybridized carbons (Fsp3) is 0.600. The molecular weight excluding hydrogens is 295 g/mol. The smallest absolute Gasteiger partial charge is 0.406 e. The number of urea groups is 1. The van der Waals surface area contributed by atoms with Crippen molar-refractivity contribution >= 4 is 12.0 Å². The van der Waals surface area contributed by atoms with Crippen LogP contribution in [0.15, 0.2) is 6.33 Å². The van der Waals surface area contributed by atoms with Gasteiger partial charge in [-0.15, -0.1) is 10.2 Å². The Morgan fingerprint density at radius 2 is 2.14 bits per heavy atom. The molecule has 1 rings (SSSR count). The van der Waals surface area contributed by atoms with Crippen LogP contribution in [-0.4, -0.2) is 56.0 Å². The molecule has 1 aromatic rings. The molecule has 21 heavy (non-hydrogen) atoms. The Morgan fingerprint density at radius 3 is 2.57 bits per heavy atom. The van der Waals surface area contributed by atoms with Gasteiger partial charge < -0.3 is 19.9 Å². The quantitative estimate of drug-likeness (QED) is 0.826. The molecule has 1 heterocycles. The van der Waals surface area contributed by atoms with E-state index >= 15 is 0 Å². The minimum atomic E-state index is -4.69. The van der Waals surface area contributed by atoms with Crippen molar-refractivity contribution in [1.29, 1.82) is 0 Å². The second kappa shape index (κ2) is 6.41. The normalized spacial score (nSPS) is 12.8. The van der Waals surface area contributed by atoms with Crippen molar-refractivity contribution in [2.45, 2.75) is 19.1 Å². The van der Waals surface area contributed by atoms with Gasteiger partial charge in [0.1, 0.15) is 19.4 Å². The Morgan fingerprint density at radius 1 is 1.52 bits per heavy atom. The lowest BCUT2D eigenvalue weighted by Crippen LogP contribution is -2.47. The average molecular weight is 309 g/mol. The first-order valence-electron chi connectivity index (χ1n) is 5.78. The number of carbonyl (C=O) groups is 2. The van der Waals surface area contributed by atoms with Crippen LogP contribution in [0.5, 0.6) is 0 Å². The standard InChI is InChI=1S/C10H14F3N5O3/c1-6(8-16-14-5-17(8)2)15-9(21)18(3-7(19)20)4-10(11,12)13/h5-6H,3-4H2,1-2H3,(H,15,21)(H,19,20). The summed E-state index contributed by atoms with van der Waals surface area (Å²) in [6, 6.07) is -1.88. The summed E-state index contributed by atoms with van der Waals surface area (Å²) >= 11 is 0. The van der Waals surface area contributed by atoms with Gasteiger partial charge in [-0.05, 0) is 6.92 Å². The van der Waals surface area contributed by atoms with E-state index in [1.165, 1.54) is 17.8 Å². The van der Waals surface area contributed by atoms with Gasteiger partial charge in [0.2, 0.25) is 0 Å². The number of carbonyl (C=O) groups excluding carboxylic acids is 1. The van der Waals surface area contributed by atoms with E-state index in [1.54, 1.807) is 7.05 Å². The van der Waals surface area contributed by atoms with E-state index in [1.807, 2.05) is 0 Å². The van der Waals surface area contributed by atoms with Crippen LogP contribution in [0.4, 0.5) is 18.0 Å². The zero-order chi connectivity index (χ0) is 16.2. The minimum absolute atomic E-state index is 0.162. The molecule has 118 valence electrons. The molecule has 0 aliphatic heterocycles. The molecule has 0 saturated heterocycles. The summed E-state index contributed by atoms with van der Waals surface area (Å²) in [6.45, 7) is -1.22. The molecule has 0 saturated carbocycles. The molecule has 0 aliphatic rings. The number of carboxylic acid groups (broad SMARTS) is 1. The number of nitrogens with zero attached hydrogens (tertiary/aromatic N) is 4. The van der Waals surface area contributed by atoms with Gasteiger partial charge in [-0.1, -0.05) is 0 Å². The predicted octanol–water partition coefficient (Wildman–Crippen LogP) is 0.535. The van der Waals surface area contributed by atoms with Gasteiger partial charge in [-0.2, -0.15) is 13.2 Å². The van der Waals surface area contributed by atoms with Crippen LogP contribution < -0.4 is 5.32 Å². The number of amides is 2. The Balaban J connectivity index is 2.76. The van der Waals surface area contributed by atoms with Crippen molar-refractivity contribution in [2.75, 3.05) is 13.1 Å². The SMILES string of the molecule is CC(NC(=O)N(CC(=O)O)CC(F)(F)F)c1nncn1C. The number of hydrogen-bond acceptors (Lipinski definition) is 4. The second-order valence-electron chi connectivity index (χ2n) is 4.34. The summed E-state index contributed by atoms with van der Waals surface area (Å²) in [6.07, 6.45) is -3.33. The van der Waals surface area contributed by atoms with Crippen molar-refractivity contribution in [2.24, 2.45) is 7.05 Å². The van der Waals surface area contributed by atoms with Gasteiger partial charge in [-0.3, -0.25) is 4.79 Å². The highest BCUT2D eigenvalue weighted by Gasteiger charge is 2.34. The summed E-state index contributed by atoms with van der Waals surface area (Å²) in [5.41, 5.74) is 0. The van der Waals surface area contributed by atoms with Gasteiger partial charge in [0, 0.05) is 7.05 Å². The second-order valence-corrected chi connectivity index (χ2v) is 4.34. The Bertz CT molecular complexity index is 516. The lowest BCUT2D eigenvalue weighted by molar-refractivity contribution is -0.149. The molecule has 0 fully saturated rings. The molecule has 1 aromatic heterocycles. The topological polar surface area (TPSA) is 100 Å². The van der Waals surface area contributed by atoms with E-state index in [9.17, 15) is 22.8 Å². The number of nitrogens with one attached hydrogen (secondary N) is 1. The van der Waals surface area contributed by atoms with E-state index in [2.05, 4.69) is 15.5 Å². The van der Waals surface area contributed by atoms with E-state index in [0.29, 0.717) is 5.82 Å². The molecule has 2 amide bonds. The van der Waals surface area contributed by atoms with Gasteiger partial charge in [0.15, 0.2) is 5.82 Å². The maximum absolute atomic E-state index is 12.4. The molecule has 0 aliphatic carbocycles. The van der Waals surface area contributed by atoms with Crippen LogP contribution in [0.25, 0.3) is 0 Å². The summed E-state index contributed by atoms with van der Waals surface area (Å²) in [5.74, 6) is -1.22. The predicted molar refractivity (Wildman–Crippen MR) is 63.2 cm³/mol. The van der Waals surface area contributed by atoms with Crippen molar-refractivity contribution in [3.8, 4) is 0 Å². The number of aliphatic carboxylic acids is 1. The highest BCUT2D eigenvalue weighted by Crippen LogP contribution is 2.17. The van der Waals surface area contributed by atoms with Crippen molar-refractivity contribution in [1.82, 2.24) is 25.0 Å². The molecular formula is C10H14F3N5O3. The molecule has 8 nitrogen and oxygen atoms in total. The van der Waals surface area contributed by atoms with Crippen LogP contribution in [0.2, 0.25) is 0 Å². The van der Waals surface area contributed by atoms with Crippen molar-refractivity contribution < 1.29 is 27.9 Å². The molecule has 2 N–H and O–H groups in total. The van der Waals surface area contributed by atoms with Crippen LogP contribution in [-0.2, 0) is 11.8 Å². The van der Waals surface area contributed by atoms with Crippen LogP contribution in [0, 0.1) is 0 Å². The molecule has 0 spiro atoms. The first kappa shape index (κ1) is 16.7. The average Bonchev–Trinajstić information content (AvgIpc) is 2.72. The number of hydrogen-bond donors (Lipinski definition) is 2. The van der Waals surface area contributed by atoms with Gasteiger partial charge >= 0.3 is 18.2 Å². The number of alkyl halides is 3. The van der Waals surface area contributed by atoms with Gasteiger partial charge in [-0.25, -0.2) is 4.79 Å². The third-order valence-electron chi connectivity index (χ3n) is 2.46. The zero-order valence-electron chi connectivity index (χ0n) is 11.3. The third kappa shape index (κ3) is 5.28. The maximum atomic E-state index is 12.4. The van der Waals surface area contributed by atoms with Gasteiger partial charge in [0.05, 0.1) is 6.04 Å². The molecule has 0 bridgehead atoms. The number of aromatic nitrogens is 3.